The molecule has 0 aromatic heterocycles. The molecule has 0 aliphatic carbocycles. The van der Waals surface area contributed by atoms with Gasteiger partial charge in [0.05, 0.1) is 18.7 Å². The number of hydrogen-bond donors (Lipinski definition) is 0. The zero-order chi connectivity index (χ0) is 14.5. The van der Waals surface area contributed by atoms with Crippen LogP contribution in [0.2, 0.25) is 0 Å². The van der Waals surface area contributed by atoms with Gasteiger partial charge < -0.3 is 9.47 Å². The Morgan fingerprint density at radius 1 is 1.45 bits per heavy atom. The molecule has 0 fully saturated rings. The summed E-state index contributed by atoms with van der Waals surface area (Å²) < 4.78 is 10.4. The maximum absolute atomic E-state index is 12.0. The SMILES string of the molecule is C=C(Cl)COC(=O)CN1C(=O)CCOc2ccccc21. The van der Waals surface area contributed by atoms with E-state index in [0.29, 0.717) is 18.0 Å². The first kappa shape index (κ1) is 14.4. The van der Waals surface area contributed by atoms with Gasteiger partial charge in [-0.25, -0.2) is 0 Å². The van der Waals surface area contributed by atoms with E-state index in [0.717, 1.165) is 0 Å². The van der Waals surface area contributed by atoms with Crippen molar-refractivity contribution in [3.05, 3.63) is 35.9 Å². The summed E-state index contributed by atoms with van der Waals surface area (Å²) in [7, 11) is 0. The van der Waals surface area contributed by atoms with E-state index in [1.807, 2.05) is 6.07 Å². The normalized spacial score (nSPS) is 14.1. The minimum Gasteiger partial charge on any atom is -0.491 e. The van der Waals surface area contributed by atoms with Crippen LogP contribution in [0.1, 0.15) is 6.42 Å². The van der Waals surface area contributed by atoms with Gasteiger partial charge >= 0.3 is 5.97 Å². The van der Waals surface area contributed by atoms with Crippen molar-refractivity contribution < 1.29 is 19.1 Å². The van der Waals surface area contributed by atoms with Gasteiger partial charge in [0.1, 0.15) is 18.9 Å². The molecule has 6 heteroatoms. The van der Waals surface area contributed by atoms with E-state index in [4.69, 9.17) is 21.1 Å². The average molecular weight is 296 g/mol. The molecule has 1 amide bonds. The number of amides is 1. The summed E-state index contributed by atoms with van der Waals surface area (Å²) in [5.74, 6) is -0.152. The Bertz CT molecular complexity index is 544. The number of rotatable bonds is 4. The third-order valence-corrected chi connectivity index (χ3v) is 2.82. The van der Waals surface area contributed by atoms with Crippen molar-refractivity contribution in [3.8, 4) is 5.75 Å². The fourth-order valence-electron chi connectivity index (χ4n) is 1.83. The van der Waals surface area contributed by atoms with E-state index in [2.05, 4.69) is 6.58 Å². The summed E-state index contributed by atoms with van der Waals surface area (Å²) in [4.78, 5) is 25.1. The number of hydrogen-bond acceptors (Lipinski definition) is 4. The van der Waals surface area contributed by atoms with Gasteiger partial charge in [-0.05, 0) is 12.1 Å². The Morgan fingerprint density at radius 2 is 2.20 bits per heavy atom. The largest absolute Gasteiger partial charge is 0.491 e. The first-order valence-corrected chi connectivity index (χ1v) is 6.47. The van der Waals surface area contributed by atoms with E-state index in [1.54, 1.807) is 18.2 Å². The van der Waals surface area contributed by atoms with Gasteiger partial charge in [0, 0.05) is 5.03 Å². The fourth-order valence-corrected chi connectivity index (χ4v) is 1.88. The second-order valence-electron chi connectivity index (χ2n) is 4.22. The average Bonchev–Trinajstić information content (AvgIpc) is 2.57. The molecule has 0 N–H and O–H groups in total. The van der Waals surface area contributed by atoms with Crippen LogP contribution in [0.3, 0.4) is 0 Å². The molecule has 0 spiro atoms. The quantitative estimate of drug-likeness (QED) is 0.798. The van der Waals surface area contributed by atoms with Crippen LogP contribution < -0.4 is 9.64 Å². The van der Waals surface area contributed by atoms with Gasteiger partial charge in [0.25, 0.3) is 0 Å². The number of carbonyl (C=O) groups excluding carboxylic acids is 2. The Kier molecular flexibility index (Phi) is 4.63. The molecule has 1 aromatic carbocycles. The molecule has 5 nitrogen and oxygen atoms in total. The van der Waals surface area contributed by atoms with Gasteiger partial charge in [0.15, 0.2) is 0 Å². The summed E-state index contributed by atoms with van der Waals surface area (Å²) >= 11 is 5.53. The molecular formula is C14H14ClNO4. The Hall–Kier alpha value is -2.01. The zero-order valence-electron chi connectivity index (χ0n) is 10.8. The molecule has 1 aromatic rings. The summed E-state index contributed by atoms with van der Waals surface area (Å²) in [6.45, 7) is 3.47. The molecule has 2 rings (SSSR count). The predicted octanol–water partition coefficient (Wildman–Crippen LogP) is 2.10. The first-order valence-electron chi connectivity index (χ1n) is 6.09. The smallest absolute Gasteiger partial charge is 0.326 e. The number of anilines is 1. The number of benzene rings is 1. The van der Waals surface area contributed by atoms with E-state index >= 15 is 0 Å². The monoisotopic (exact) mass is 295 g/mol. The van der Waals surface area contributed by atoms with Gasteiger partial charge in [-0.3, -0.25) is 14.5 Å². The molecule has 0 radical (unpaired) electrons. The highest BCUT2D eigenvalue weighted by Gasteiger charge is 2.25. The van der Waals surface area contributed by atoms with Gasteiger partial charge in [-0.2, -0.15) is 0 Å². The van der Waals surface area contributed by atoms with Crippen LogP contribution in [-0.2, 0) is 14.3 Å². The van der Waals surface area contributed by atoms with Crippen molar-refractivity contribution in [2.45, 2.75) is 6.42 Å². The van der Waals surface area contributed by atoms with Crippen molar-refractivity contribution in [2.24, 2.45) is 0 Å². The lowest BCUT2D eigenvalue weighted by atomic mass is 10.2. The van der Waals surface area contributed by atoms with Crippen molar-refractivity contribution >= 4 is 29.2 Å². The Balaban J connectivity index is 2.14. The van der Waals surface area contributed by atoms with Crippen LogP contribution >= 0.6 is 11.6 Å². The summed E-state index contributed by atoms with van der Waals surface area (Å²) in [5.41, 5.74) is 0.566. The number of halogens is 1. The zero-order valence-corrected chi connectivity index (χ0v) is 11.6. The molecule has 0 saturated carbocycles. The maximum atomic E-state index is 12.0. The fraction of sp³-hybridized carbons (Fsp3) is 0.286. The number of carbonyl (C=O) groups is 2. The van der Waals surface area contributed by atoms with Gasteiger partial charge in [-0.1, -0.05) is 30.3 Å². The van der Waals surface area contributed by atoms with Crippen LogP contribution in [0.25, 0.3) is 0 Å². The topological polar surface area (TPSA) is 55.8 Å². The van der Waals surface area contributed by atoms with Crippen molar-refractivity contribution in [3.63, 3.8) is 0 Å². The van der Waals surface area contributed by atoms with Crippen molar-refractivity contribution in [2.75, 3.05) is 24.7 Å². The molecule has 0 bridgehead atoms. The molecule has 1 heterocycles. The third-order valence-electron chi connectivity index (χ3n) is 2.71. The van der Waals surface area contributed by atoms with Gasteiger partial charge in [-0.15, -0.1) is 0 Å². The molecule has 20 heavy (non-hydrogen) atoms. The highest BCUT2D eigenvalue weighted by atomic mass is 35.5. The maximum Gasteiger partial charge on any atom is 0.326 e. The molecule has 0 unspecified atom stereocenters. The number of nitrogens with zero attached hydrogens (tertiary/aromatic N) is 1. The van der Waals surface area contributed by atoms with Crippen LogP contribution in [0.4, 0.5) is 5.69 Å². The lowest BCUT2D eigenvalue weighted by Gasteiger charge is -2.20. The summed E-state index contributed by atoms with van der Waals surface area (Å²) in [6.07, 6.45) is 0.212. The van der Waals surface area contributed by atoms with Crippen molar-refractivity contribution in [1.82, 2.24) is 0 Å². The second-order valence-corrected chi connectivity index (χ2v) is 4.76. The molecule has 1 aliphatic rings. The standard InChI is InChI=1S/C14H14ClNO4/c1-10(15)9-20-14(18)8-16-11-4-2-3-5-12(11)19-7-6-13(16)17/h2-5H,1,6-9H2. The predicted molar refractivity (Wildman–Crippen MR) is 74.9 cm³/mol. The van der Waals surface area contributed by atoms with E-state index < -0.39 is 5.97 Å². The van der Waals surface area contributed by atoms with Crippen LogP contribution in [0.5, 0.6) is 5.75 Å². The molecule has 1 aliphatic heterocycles. The third kappa shape index (κ3) is 3.51. The summed E-state index contributed by atoms with van der Waals surface area (Å²) in [5, 5.41) is 0.226. The molecule has 106 valence electrons. The number of ether oxygens (including phenoxy) is 2. The molecular weight excluding hydrogens is 282 g/mol. The second kappa shape index (κ2) is 6.43. The van der Waals surface area contributed by atoms with Gasteiger partial charge in [0.2, 0.25) is 5.91 Å². The minimum atomic E-state index is -0.545. The van der Waals surface area contributed by atoms with E-state index in [1.165, 1.54) is 4.90 Å². The van der Waals surface area contributed by atoms with Crippen molar-refractivity contribution in [1.29, 1.82) is 0 Å². The first-order chi connectivity index (χ1) is 9.58. The van der Waals surface area contributed by atoms with E-state index in [-0.39, 0.29) is 30.5 Å². The number of para-hydroxylation sites is 2. The van der Waals surface area contributed by atoms with E-state index in [9.17, 15) is 9.59 Å². The lowest BCUT2D eigenvalue weighted by molar-refractivity contribution is -0.141. The molecule has 0 atom stereocenters. The molecule has 0 saturated heterocycles. The Labute approximate surface area is 121 Å². The minimum absolute atomic E-state index is 0.0689. The Morgan fingerprint density at radius 3 is 2.95 bits per heavy atom. The highest BCUT2D eigenvalue weighted by molar-refractivity contribution is 6.29. The van der Waals surface area contributed by atoms with Crippen LogP contribution in [0.15, 0.2) is 35.9 Å². The number of fused-ring (bicyclic) bond motifs is 1. The highest BCUT2D eigenvalue weighted by Crippen LogP contribution is 2.30. The lowest BCUT2D eigenvalue weighted by Crippen LogP contribution is -2.36. The summed E-state index contributed by atoms with van der Waals surface area (Å²) in [6, 6.07) is 7.07. The number of esters is 1. The van der Waals surface area contributed by atoms with Crippen LogP contribution in [0, 0.1) is 0 Å². The van der Waals surface area contributed by atoms with Crippen LogP contribution in [-0.4, -0.2) is 31.6 Å².